The van der Waals surface area contributed by atoms with Crippen molar-refractivity contribution in [2.75, 3.05) is 0 Å². The summed E-state index contributed by atoms with van der Waals surface area (Å²) in [5, 5.41) is 2.29. The molecule has 0 spiro atoms. The molecule has 1 saturated heterocycles. The molecule has 148 valence electrons. The molecule has 4 heterocycles. The third-order valence-electron chi connectivity index (χ3n) is 6.10. The van der Waals surface area contributed by atoms with Crippen LogP contribution in [0.2, 0.25) is 0 Å². The minimum absolute atomic E-state index is 0.376. The van der Waals surface area contributed by atoms with Crippen LogP contribution in [0.15, 0.2) is 48.9 Å². The van der Waals surface area contributed by atoms with E-state index in [2.05, 4.69) is 94.4 Å². The maximum atomic E-state index is 6.25. The fraction of sp³-hybridized carbons (Fsp3) is 0.286. The second-order valence-electron chi connectivity index (χ2n) is 8.45. The molecule has 8 heteroatoms. The number of H-pyrrole nitrogens is 1. The lowest BCUT2D eigenvalue weighted by atomic mass is 9.79. The average molecular weight is 517 g/mol. The highest BCUT2D eigenvalue weighted by atomic mass is 127. The normalized spacial score (nSPS) is 18.2. The van der Waals surface area contributed by atoms with E-state index in [0.29, 0.717) is 0 Å². The highest BCUT2D eigenvalue weighted by Gasteiger charge is 2.51. The predicted octanol–water partition coefficient (Wildman–Crippen LogP) is 5.33. The summed E-state index contributed by atoms with van der Waals surface area (Å²) < 4.78 is 14.6. The van der Waals surface area contributed by atoms with Crippen molar-refractivity contribution in [3.8, 4) is 11.1 Å². The number of hydrogen-bond acceptors (Lipinski definition) is 4. The number of hydrogen-bond donors (Lipinski definition) is 1. The van der Waals surface area contributed by atoms with E-state index in [1.165, 1.54) is 10.9 Å². The maximum absolute atomic E-state index is 6.25. The van der Waals surface area contributed by atoms with Gasteiger partial charge >= 0.3 is 7.12 Å². The van der Waals surface area contributed by atoms with E-state index in [-0.39, 0.29) is 11.2 Å². The van der Waals surface area contributed by atoms with Crippen LogP contribution in [0.5, 0.6) is 0 Å². The van der Waals surface area contributed by atoms with Gasteiger partial charge in [0, 0.05) is 70.8 Å². The van der Waals surface area contributed by atoms with Gasteiger partial charge in [0.05, 0.1) is 11.2 Å². The van der Waals surface area contributed by atoms with E-state index in [1.54, 1.807) is 9.12 Å². The molecule has 1 aliphatic rings. The van der Waals surface area contributed by atoms with E-state index in [1.807, 2.05) is 12.4 Å². The number of pyridine rings is 1. The van der Waals surface area contributed by atoms with Crippen molar-refractivity contribution in [3.05, 3.63) is 48.9 Å². The molecule has 0 aliphatic carbocycles. The third-order valence-corrected chi connectivity index (χ3v) is 7.80. The third kappa shape index (κ3) is 3.12. The van der Waals surface area contributed by atoms with Gasteiger partial charge in [0.1, 0.15) is 0 Å². The van der Waals surface area contributed by atoms with E-state index in [0.717, 1.165) is 27.6 Å². The first-order valence-corrected chi connectivity index (χ1v) is 12.8. The van der Waals surface area contributed by atoms with Gasteiger partial charge in [-0.3, -0.25) is 3.97 Å². The largest absolute Gasteiger partial charge is 0.496 e. The quantitative estimate of drug-likeness (QED) is 0.295. The summed E-state index contributed by atoms with van der Waals surface area (Å²) in [5.41, 5.74) is 4.58. The van der Waals surface area contributed by atoms with Crippen LogP contribution in [-0.2, 0) is 9.31 Å². The number of fused-ring (bicyclic) bond motifs is 2. The molecule has 29 heavy (non-hydrogen) atoms. The van der Waals surface area contributed by atoms with Gasteiger partial charge in [0.2, 0.25) is 0 Å². The van der Waals surface area contributed by atoms with Crippen LogP contribution in [0.25, 0.3) is 33.1 Å². The number of nitrogens with zero attached hydrogens (tertiary/aromatic N) is 2. The van der Waals surface area contributed by atoms with Crippen molar-refractivity contribution in [1.82, 2.24) is 13.9 Å². The molecule has 0 bridgehead atoms. The number of halogens is 1. The Hall–Kier alpha value is -1.49. The Morgan fingerprint density at radius 2 is 1.86 bits per heavy atom. The summed E-state index contributed by atoms with van der Waals surface area (Å²) in [7, 11) is 1.19. The van der Waals surface area contributed by atoms with Gasteiger partial charge in [-0.25, -0.2) is 4.98 Å². The van der Waals surface area contributed by atoms with Crippen molar-refractivity contribution in [2.45, 2.75) is 38.9 Å². The molecular weight excluding hydrogens is 496 g/mol. The molecule has 1 aromatic carbocycles. The molecule has 1 aliphatic heterocycles. The molecule has 1 N–H and O–H groups in total. The Bertz CT molecular complexity index is 1220. The number of benzene rings is 1. The smallest absolute Gasteiger partial charge is 0.399 e. The Morgan fingerprint density at radius 1 is 1.10 bits per heavy atom. The summed E-state index contributed by atoms with van der Waals surface area (Å²) in [6.45, 7) is 8.28. The van der Waals surface area contributed by atoms with Crippen LogP contribution < -0.4 is 5.46 Å². The van der Waals surface area contributed by atoms with Crippen LogP contribution in [0.3, 0.4) is 0 Å². The molecule has 5 rings (SSSR count). The standard InChI is InChI=1S/C21H21BIN3O2S/c1-20(2)21(3,4)28-22(27-20)15-10-16-17(12-26(29-23)19(16)25-11-15)13-5-6-18-14(9-13)7-8-24-18/h5-12,24H,1-4H3. The van der Waals surface area contributed by atoms with E-state index < -0.39 is 7.12 Å². The summed E-state index contributed by atoms with van der Waals surface area (Å²) in [4.78, 5) is 8.02. The maximum Gasteiger partial charge on any atom is 0.496 e. The molecule has 1 fully saturated rings. The number of rotatable bonds is 3. The fourth-order valence-corrected chi connectivity index (χ4v) is 4.96. The second kappa shape index (κ2) is 6.76. The number of aromatic nitrogens is 3. The van der Waals surface area contributed by atoms with Crippen LogP contribution in [0.1, 0.15) is 27.7 Å². The van der Waals surface area contributed by atoms with Crippen molar-refractivity contribution < 1.29 is 9.31 Å². The first-order chi connectivity index (χ1) is 13.8. The van der Waals surface area contributed by atoms with Crippen molar-refractivity contribution in [3.63, 3.8) is 0 Å². The lowest BCUT2D eigenvalue weighted by Gasteiger charge is -2.32. The molecule has 5 nitrogen and oxygen atoms in total. The predicted molar refractivity (Wildman–Crippen MR) is 130 cm³/mol. The lowest BCUT2D eigenvalue weighted by Crippen LogP contribution is -2.41. The summed E-state index contributed by atoms with van der Waals surface area (Å²) >= 11 is 2.29. The first kappa shape index (κ1) is 19.5. The van der Waals surface area contributed by atoms with Crippen molar-refractivity contribution in [1.29, 1.82) is 0 Å². The van der Waals surface area contributed by atoms with Crippen molar-refractivity contribution in [2.24, 2.45) is 0 Å². The SMILES string of the molecule is CC1(C)OB(c2cnc3c(c2)c(-c2ccc4[nH]ccc4c2)cn3SI)OC1(C)C. The van der Waals surface area contributed by atoms with Gasteiger partial charge in [-0.1, -0.05) is 6.07 Å². The Balaban J connectivity index is 1.64. The average Bonchev–Trinajstić information content (AvgIpc) is 3.34. The molecular formula is C21H21BIN3O2S. The van der Waals surface area contributed by atoms with Crippen LogP contribution in [-0.4, -0.2) is 32.3 Å². The topological polar surface area (TPSA) is 52.1 Å². The van der Waals surface area contributed by atoms with Crippen molar-refractivity contribution >= 4 is 64.8 Å². The van der Waals surface area contributed by atoms with Crippen LogP contribution in [0, 0.1) is 0 Å². The van der Waals surface area contributed by atoms with Gasteiger partial charge in [0.15, 0.2) is 5.65 Å². The van der Waals surface area contributed by atoms with Gasteiger partial charge < -0.3 is 14.3 Å². The second-order valence-corrected chi connectivity index (χ2v) is 10.2. The van der Waals surface area contributed by atoms with Gasteiger partial charge in [-0.2, -0.15) is 0 Å². The first-order valence-electron chi connectivity index (χ1n) is 9.52. The lowest BCUT2D eigenvalue weighted by molar-refractivity contribution is 0.00578. The van der Waals surface area contributed by atoms with E-state index in [4.69, 9.17) is 14.3 Å². The molecule has 0 saturated carbocycles. The van der Waals surface area contributed by atoms with E-state index in [9.17, 15) is 0 Å². The summed E-state index contributed by atoms with van der Waals surface area (Å²) in [6, 6.07) is 10.7. The molecule has 0 amide bonds. The van der Waals surface area contributed by atoms with Gasteiger partial charge in [0.25, 0.3) is 0 Å². The summed E-state index contributed by atoms with van der Waals surface area (Å²) in [5.74, 6) is 0. The monoisotopic (exact) mass is 517 g/mol. The van der Waals surface area contributed by atoms with Crippen LogP contribution >= 0.6 is 30.3 Å². The Labute approximate surface area is 186 Å². The highest BCUT2D eigenvalue weighted by molar-refractivity contribution is 14.2. The van der Waals surface area contributed by atoms with Crippen LogP contribution in [0.4, 0.5) is 0 Å². The van der Waals surface area contributed by atoms with E-state index >= 15 is 0 Å². The number of nitrogens with one attached hydrogen (secondary N) is 1. The molecule has 4 aromatic rings. The molecule has 0 unspecified atom stereocenters. The highest BCUT2D eigenvalue weighted by Crippen LogP contribution is 2.38. The number of aromatic amines is 1. The Kier molecular flexibility index (Phi) is 4.54. The Morgan fingerprint density at radius 3 is 2.59 bits per heavy atom. The fourth-order valence-electron chi connectivity index (χ4n) is 3.71. The molecule has 0 atom stereocenters. The zero-order valence-corrected chi connectivity index (χ0v) is 19.7. The van der Waals surface area contributed by atoms with Gasteiger partial charge in [-0.15, -0.1) is 0 Å². The minimum Gasteiger partial charge on any atom is -0.399 e. The van der Waals surface area contributed by atoms with Gasteiger partial charge in [-0.05, 0) is 62.9 Å². The molecule has 0 radical (unpaired) electrons. The zero-order chi connectivity index (χ0) is 20.4. The summed E-state index contributed by atoms with van der Waals surface area (Å²) in [6.07, 6.45) is 5.99. The molecule has 3 aromatic heterocycles. The zero-order valence-electron chi connectivity index (χ0n) is 16.7. The minimum atomic E-state index is -0.424.